The number of sulfonamides is 1. The molecule has 1 aromatic heterocycles. The van der Waals surface area contributed by atoms with Gasteiger partial charge in [0.2, 0.25) is 0 Å². The van der Waals surface area contributed by atoms with Crippen LogP contribution in [0.3, 0.4) is 0 Å². The fourth-order valence-corrected chi connectivity index (χ4v) is 2.80. The van der Waals surface area contributed by atoms with Crippen LogP contribution < -0.4 is 10.5 Å². The molecule has 0 saturated carbocycles. The zero-order chi connectivity index (χ0) is 14.0. The van der Waals surface area contributed by atoms with Crippen LogP contribution in [0.15, 0.2) is 23.1 Å². The van der Waals surface area contributed by atoms with Crippen LogP contribution in [0.4, 0.5) is 5.95 Å². The van der Waals surface area contributed by atoms with Gasteiger partial charge in [-0.05, 0) is 29.3 Å². The largest absolute Gasteiger partial charge is 0.326 e. The summed E-state index contributed by atoms with van der Waals surface area (Å²) in [6, 6.07) is 4.92. The van der Waals surface area contributed by atoms with Gasteiger partial charge in [0.15, 0.2) is 0 Å². The Bertz CT molecular complexity index is 694. The van der Waals surface area contributed by atoms with Crippen molar-refractivity contribution in [3.05, 3.63) is 29.3 Å². The van der Waals surface area contributed by atoms with Crippen LogP contribution in [0.25, 0.3) is 0 Å². The average Bonchev–Trinajstić information content (AvgIpc) is 2.73. The molecular formula is C10H14N6O2S. The molecule has 102 valence electrons. The van der Waals surface area contributed by atoms with Crippen molar-refractivity contribution in [2.75, 3.05) is 4.72 Å². The highest BCUT2D eigenvalue weighted by Crippen LogP contribution is 2.18. The predicted octanol–water partition coefficient (Wildman–Crippen LogP) is -0.222. The van der Waals surface area contributed by atoms with Crippen molar-refractivity contribution < 1.29 is 8.42 Å². The standard InChI is InChI=1S/C10H14N6O2S/c1-7-5-8(6-11)3-4-9(7)19(17,18)14-10-12-15-16(2)13-10/h3-5H,6,11H2,1-2H3,(H,13,14). The molecule has 1 heterocycles. The number of nitrogens with zero attached hydrogens (tertiary/aromatic N) is 4. The van der Waals surface area contributed by atoms with E-state index in [9.17, 15) is 8.42 Å². The Morgan fingerprint density at radius 2 is 2.16 bits per heavy atom. The first kappa shape index (κ1) is 13.4. The molecule has 0 aliphatic carbocycles. The summed E-state index contributed by atoms with van der Waals surface area (Å²) < 4.78 is 26.6. The summed E-state index contributed by atoms with van der Waals surface area (Å²) in [6.07, 6.45) is 0. The van der Waals surface area contributed by atoms with E-state index in [4.69, 9.17) is 5.73 Å². The van der Waals surface area contributed by atoms with Crippen molar-refractivity contribution in [2.24, 2.45) is 12.8 Å². The Balaban J connectivity index is 2.34. The van der Waals surface area contributed by atoms with Crippen LogP contribution in [-0.2, 0) is 23.6 Å². The second-order valence-corrected chi connectivity index (χ2v) is 5.66. The third-order valence-corrected chi connectivity index (χ3v) is 3.99. The van der Waals surface area contributed by atoms with Gasteiger partial charge in [-0.3, -0.25) is 0 Å². The number of aromatic nitrogens is 4. The molecule has 0 fully saturated rings. The SMILES string of the molecule is Cc1cc(CN)ccc1S(=O)(=O)Nc1nnn(C)n1. The van der Waals surface area contributed by atoms with Crippen molar-refractivity contribution in [2.45, 2.75) is 18.4 Å². The molecule has 2 aromatic rings. The average molecular weight is 282 g/mol. The number of hydrogen-bond donors (Lipinski definition) is 2. The fraction of sp³-hybridized carbons (Fsp3) is 0.300. The van der Waals surface area contributed by atoms with Crippen LogP contribution in [-0.4, -0.2) is 28.6 Å². The Hall–Kier alpha value is -2.00. The molecule has 0 aliphatic rings. The number of tetrazole rings is 1. The number of hydrogen-bond acceptors (Lipinski definition) is 6. The Kier molecular flexibility index (Phi) is 3.49. The van der Waals surface area contributed by atoms with Crippen LogP contribution in [0, 0.1) is 6.92 Å². The van der Waals surface area contributed by atoms with Gasteiger partial charge in [0.1, 0.15) is 0 Å². The van der Waals surface area contributed by atoms with E-state index >= 15 is 0 Å². The first-order chi connectivity index (χ1) is 8.92. The van der Waals surface area contributed by atoms with Gasteiger partial charge in [0, 0.05) is 6.54 Å². The maximum atomic E-state index is 12.2. The van der Waals surface area contributed by atoms with Gasteiger partial charge >= 0.3 is 0 Å². The Labute approximate surface area is 110 Å². The maximum Gasteiger partial charge on any atom is 0.277 e. The molecular weight excluding hydrogens is 268 g/mol. The summed E-state index contributed by atoms with van der Waals surface area (Å²) in [5.74, 6) is -0.0650. The molecule has 0 spiro atoms. The number of aryl methyl sites for hydroxylation is 2. The van der Waals surface area contributed by atoms with Gasteiger partial charge in [-0.15, -0.1) is 5.10 Å². The third-order valence-electron chi connectivity index (χ3n) is 2.50. The summed E-state index contributed by atoms with van der Waals surface area (Å²) >= 11 is 0. The molecule has 0 bridgehead atoms. The van der Waals surface area contributed by atoms with Crippen LogP contribution in [0.1, 0.15) is 11.1 Å². The van der Waals surface area contributed by atoms with Crippen molar-refractivity contribution in [1.29, 1.82) is 0 Å². The normalized spacial score (nSPS) is 11.5. The maximum absolute atomic E-state index is 12.2. The van der Waals surface area contributed by atoms with Crippen molar-refractivity contribution in [3.63, 3.8) is 0 Å². The van der Waals surface area contributed by atoms with E-state index in [1.54, 1.807) is 26.1 Å². The van der Waals surface area contributed by atoms with Gasteiger partial charge in [0.25, 0.3) is 16.0 Å². The van der Waals surface area contributed by atoms with Gasteiger partial charge in [-0.1, -0.05) is 17.2 Å². The van der Waals surface area contributed by atoms with Gasteiger partial charge in [-0.2, -0.15) is 4.80 Å². The lowest BCUT2D eigenvalue weighted by Gasteiger charge is -2.08. The monoisotopic (exact) mass is 282 g/mol. The van der Waals surface area contributed by atoms with E-state index in [0.29, 0.717) is 12.1 Å². The third kappa shape index (κ3) is 2.88. The summed E-state index contributed by atoms with van der Waals surface area (Å²) in [5, 5.41) is 10.9. The van der Waals surface area contributed by atoms with E-state index in [2.05, 4.69) is 20.1 Å². The molecule has 8 nitrogen and oxygen atoms in total. The highest BCUT2D eigenvalue weighted by Gasteiger charge is 2.19. The summed E-state index contributed by atoms with van der Waals surface area (Å²) in [6.45, 7) is 2.07. The Morgan fingerprint density at radius 1 is 1.42 bits per heavy atom. The van der Waals surface area contributed by atoms with Gasteiger partial charge in [-0.25, -0.2) is 13.1 Å². The molecule has 0 aliphatic heterocycles. The molecule has 19 heavy (non-hydrogen) atoms. The first-order valence-electron chi connectivity index (χ1n) is 5.49. The number of rotatable bonds is 4. The summed E-state index contributed by atoms with van der Waals surface area (Å²) in [5.41, 5.74) is 6.99. The smallest absolute Gasteiger partial charge is 0.277 e. The van der Waals surface area contributed by atoms with Crippen LogP contribution >= 0.6 is 0 Å². The highest BCUT2D eigenvalue weighted by atomic mass is 32.2. The topological polar surface area (TPSA) is 116 Å². The predicted molar refractivity (Wildman–Crippen MR) is 68.7 cm³/mol. The molecule has 0 radical (unpaired) electrons. The molecule has 0 atom stereocenters. The first-order valence-corrected chi connectivity index (χ1v) is 6.97. The van der Waals surface area contributed by atoms with E-state index in [1.165, 1.54) is 10.9 Å². The molecule has 3 N–H and O–H groups in total. The van der Waals surface area contributed by atoms with E-state index in [0.717, 1.165) is 5.56 Å². The minimum atomic E-state index is -3.72. The summed E-state index contributed by atoms with van der Waals surface area (Å²) in [4.78, 5) is 1.33. The molecule has 9 heteroatoms. The number of nitrogens with two attached hydrogens (primary N) is 1. The molecule has 2 rings (SSSR count). The molecule has 1 aromatic carbocycles. The quantitative estimate of drug-likeness (QED) is 0.800. The Morgan fingerprint density at radius 3 is 2.68 bits per heavy atom. The lowest BCUT2D eigenvalue weighted by molar-refractivity contribution is 0.600. The minimum absolute atomic E-state index is 0.0650. The molecule has 0 unspecified atom stereocenters. The van der Waals surface area contributed by atoms with Crippen LogP contribution in [0.5, 0.6) is 0 Å². The van der Waals surface area contributed by atoms with Crippen molar-refractivity contribution >= 4 is 16.0 Å². The van der Waals surface area contributed by atoms with Crippen LogP contribution in [0.2, 0.25) is 0 Å². The van der Waals surface area contributed by atoms with Gasteiger partial charge in [0.05, 0.1) is 11.9 Å². The molecule has 0 amide bonds. The number of benzene rings is 1. The lowest BCUT2D eigenvalue weighted by atomic mass is 10.1. The number of nitrogens with one attached hydrogen (secondary N) is 1. The highest BCUT2D eigenvalue weighted by molar-refractivity contribution is 7.92. The van der Waals surface area contributed by atoms with Crippen molar-refractivity contribution in [3.8, 4) is 0 Å². The van der Waals surface area contributed by atoms with E-state index < -0.39 is 10.0 Å². The van der Waals surface area contributed by atoms with Crippen molar-refractivity contribution in [1.82, 2.24) is 20.2 Å². The van der Waals surface area contributed by atoms with E-state index in [-0.39, 0.29) is 10.8 Å². The second kappa shape index (κ2) is 4.94. The fourth-order valence-electron chi connectivity index (χ4n) is 1.64. The lowest BCUT2D eigenvalue weighted by Crippen LogP contribution is -2.15. The zero-order valence-electron chi connectivity index (χ0n) is 10.5. The van der Waals surface area contributed by atoms with Gasteiger partial charge < -0.3 is 5.73 Å². The second-order valence-electron chi connectivity index (χ2n) is 4.01. The molecule has 0 saturated heterocycles. The minimum Gasteiger partial charge on any atom is -0.326 e. The summed E-state index contributed by atoms with van der Waals surface area (Å²) in [7, 11) is -2.18. The number of anilines is 1. The zero-order valence-corrected chi connectivity index (χ0v) is 11.3. The van der Waals surface area contributed by atoms with E-state index in [1.807, 2.05) is 0 Å².